The molecule has 0 N–H and O–H groups in total. The molecule has 0 aliphatic rings. The van der Waals surface area contributed by atoms with Gasteiger partial charge < -0.3 is 4.74 Å². The van der Waals surface area contributed by atoms with Crippen LogP contribution in [0.5, 0.6) is 0 Å². The lowest BCUT2D eigenvalue weighted by molar-refractivity contribution is -0.0323. The zero-order chi connectivity index (χ0) is 23.5. The molecule has 0 bridgehead atoms. The Morgan fingerprint density at radius 1 is 0.312 bits per heavy atom. The van der Waals surface area contributed by atoms with Gasteiger partial charge in [-0.3, -0.25) is 0 Å². The molecule has 0 aromatic heterocycles. The van der Waals surface area contributed by atoms with Crippen molar-refractivity contribution in [1.82, 2.24) is 0 Å². The van der Waals surface area contributed by atoms with E-state index in [1.807, 2.05) is 0 Å². The first-order chi connectivity index (χ1) is 15.8. The minimum Gasteiger partial charge on any atom is -0.375 e. The first-order valence-corrected chi connectivity index (χ1v) is 15.4. The number of rotatable bonds is 27. The number of hydrogen-bond acceptors (Lipinski definition) is 1. The predicted molar refractivity (Wildman–Crippen MR) is 147 cm³/mol. The fraction of sp³-hybridized carbons (Fsp3) is 1.00. The van der Waals surface area contributed by atoms with Crippen LogP contribution in [-0.2, 0) is 4.74 Å². The lowest BCUT2D eigenvalue weighted by Gasteiger charge is -2.26. The average molecular weight is 453 g/mol. The Labute approximate surface area is 205 Å². The summed E-state index contributed by atoms with van der Waals surface area (Å²) in [7, 11) is 0. The van der Waals surface area contributed by atoms with E-state index >= 15 is 0 Å². The van der Waals surface area contributed by atoms with E-state index in [9.17, 15) is 0 Å². The van der Waals surface area contributed by atoms with Gasteiger partial charge in [-0.25, -0.2) is 0 Å². The van der Waals surface area contributed by atoms with Gasteiger partial charge in [0.2, 0.25) is 0 Å². The fourth-order valence-electron chi connectivity index (χ4n) is 4.91. The molecule has 0 aromatic carbocycles. The molecule has 0 saturated carbocycles. The van der Waals surface area contributed by atoms with Gasteiger partial charge in [0.15, 0.2) is 0 Å². The van der Waals surface area contributed by atoms with Gasteiger partial charge in [0, 0.05) is 0 Å². The summed E-state index contributed by atoms with van der Waals surface area (Å²) in [6, 6.07) is 0. The first-order valence-electron chi connectivity index (χ1n) is 15.4. The second-order valence-corrected chi connectivity index (χ2v) is 10.5. The molecule has 0 heterocycles. The second-order valence-electron chi connectivity index (χ2n) is 10.5. The molecule has 0 aromatic rings. The molecule has 0 rings (SSSR count). The van der Waals surface area contributed by atoms with Crippen molar-refractivity contribution in [3.05, 3.63) is 0 Å². The van der Waals surface area contributed by atoms with Gasteiger partial charge in [0.05, 0.1) is 12.2 Å². The van der Waals surface area contributed by atoms with Crippen LogP contribution in [0.1, 0.15) is 188 Å². The number of hydrogen-bond donors (Lipinski definition) is 0. The summed E-state index contributed by atoms with van der Waals surface area (Å²) in [4.78, 5) is 0. The zero-order valence-electron chi connectivity index (χ0n) is 23.2. The maximum atomic E-state index is 6.85. The topological polar surface area (TPSA) is 9.23 Å². The van der Waals surface area contributed by atoms with Gasteiger partial charge in [-0.2, -0.15) is 0 Å². The van der Waals surface area contributed by atoms with Crippen LogP contribution >= 0.6 is 0 Å². The van der Waals surface area contributed by atoms with Crippen molar-refractivity contribution in [3.8, 4) is 0 Å². The van der Waals surface area contributed by atoms with Crippen molar-refractivity contribution in [2.75, 3.05) is 0 Å². The van der Waals surface area contributed by atoms with Gasteiger partial charge in [-0.05, 0) is 25.7 Å². The van der Waals surface area contributed by atoms with Crippen LogP contribution in [0.3, 0.4) is 0 Å². The lowest BCUT2D eigenvalue weighted by atomic mass is 10.00. The van der Waals surface area contributed by atoms with Crippen molar-refractivity contribution < 1.29 is 4.74 Å². The van der Waals surface area contributed by atoms with Gasteiger partial charge >= 0.3 is 0 Å². The van der Waals surface area contributed by atoms with Gasteiger partial charge in [-0.1, -0.05) is 163 Å². The summed E-state index contributed by atoms with van der Waals surface area (Å²) in [5, 5.41) is 0. The van der Waals surface area contributed by atoms with E-state index in [0.717, 1.165) is 0 Å². The van der Waals surface area contributed by atoms with Crippen molar-refractivity contribution in [1.29, 1.82) is 0 Å². The van der Waals surface area contributed by atoms with Crippen LogP contribution in [0.4, 0.5) is 0 Å². The molecule has 1 nitrogen and oxygen atoms in total. The summed E-state index contributed by atoms with van der Waals surface area (Å²) >= 11 is 0. The van der Waals surface area contributed by atoms with Gasteiger partial charge in [0.1, 0.15) is 0 Å². The molecule has 0 saturated heterocycles. The van der Waals surface area contributed by atoms with Crippen LogP contribution in [0, 0.1) is 0 Å². The Hall–Kier alpha value is -0.0400. The molecule has 1 heteroatoms. The summed E-state index contributed by atoms with van der Waals surface area (Å²) in [5.74, 6) is 0. The third-order valence-corrected chi connectivity index (χ3v) is 7.15. The highest BCUT2D eigenvalue weighted by Crippen LogP contribution is 2.22. The Balaban J connectivity index is 4.32. The third-order valence-electron chi connectivity index (χ3n) is 7.15. The monoisotopic (exact) mass is 452 g/mol. The molecule has 2 unspecified atom stereocenters. The molecule has 2 atom stereocenters. The molecule has 0 aliphatic heterocycles. The summed E-state index contributed by atoms with van der Waals surface area (Å²) < 4.78 is 6.85. The molecule has 0 aliphatic carbocycles. The summed E-state index contributed by atoms with van der Waals surface area (Å²) in [6.07, 6.45) is 35.6. The molecule has 0 fully saturated rings. The van der Waals surface area contributed by atoms with E-state index in [-0.39, 0.29) is 0 Å². The maximum Gasteiger partial charge on any atom is 0.0578 e. The maximum absolute atomic E-state index is 6.85. The minimum atomic E-state index is 0.526. The van der Waals surface area contributed by atoms with Gasteiger partial charge in [0.25, 0.3) is 0 Å². The van der Waals surface area contributed by atoms with E-state index in [1.165, 1.54) is 161 Å². The highest BCUT2D eigenvalue weighted by Gasteiger charge is 2.16. The van der Waals surface area contributed by atoms with E-state index in [2.05, 4.69) is 27.7 Å². The Kier molecular flexibility index (Phi) is 27.2. The highest BCUT2D eigenvalue weighted by molar-refractivity contribution is 4.67. The van der Waals surface area contributed by atoms with Gasteiger partial charge in [-0.15, -0.1) is 0 Å². The van der Waals surface area contributed by atoms with Crippen molar-refractivity contribution >= 4 is 0 Å². The number of unbranched alkanes of at least 4 members (excludes halogenated alkanes) is 17. The van der Waals surface area contributed by atoms with Crippen LogP contribution in [-0.4, -0.2) is 12.2 Å². The quantitative estimate of drug-likeness (QED) is 0.113. The van der Waals surface area contributed by atoms with Crippen LogP contribution in [0.2, 0.25) is 0 Å². The van der Waals surface area contributed by atoms with E-state index in [4.69, 9.17) is 4.74 Å². The molecule has 194 valence electrons. The second kappa shape index (κ2) is 27.2. The van der Waals surface area contributed by atoms with E-state index in [0.29, 0.717) is 12.2 Å². The molecular weight excluding hydrogens is 388 g/mol. The van der Waals surface area contributed by atoms with E-state index < -0.39 is 0 Å². The summed E-state index contributed by atoms with van der Waals surface area (Å²) in [5.41, 5.74) is 0. The number of ether oxygens (including phenoxy) is 1. The predicted octanol–water partition coefficient (Wildman–Crippen LogP) is 11.6. The smallest absolute Gasteiger partial charge is 0.0578 e. The van der Waals surface area contributed by atoms with Crippen LogP contribution in [0.25, 0.3) is 0 Å². The highest BCUT2D eigenvalue weighted by atomic mass is 16.5. The summed E-state index contributed by atoms with van der Waals surface area (Å²) in [6.45, 7) is 9.26. The molecule has 0 spiro atoms. The molecule has 0 amide bonds. The Morgan fingerprint density at radius 2 is 0.531 bits per heavy atom. The Morgan fingerprint density at radius 3 is 0.844 bits per heavy atom. The van der Waals surface area contributed by atoms with E-state index in [1.54, 1.807) is 0 Å². The largest absolute Gasteiger partial charge is 0.375 e. The molecule has 32 heavy (non-hydrogen) atoms. The molecule has 0 radical (unpaired) electrons. The first kappa shape index (κ1) is 32.0. The normalized spacial score (nSPS) is 13.5. The Bertz CT molecular complexity index is 326. The average Bonchev–Trinajstić information content (AvgIpc) is 2.80. The van der Waals surface area contributed by atoms with Crippen molar-refractivity contribution in [3.63, 3.8) is 0 Å². The zero-order valence-corrected chi connectivity index (χ0v) is 23.2. The van der Waals surface area contributed by atoms with Crippen LogP contribution in [0.15, 0.2) is 0 Å². The SMILES string of the molecule is CCCCCCCCCCC(CCCCC)OC(CCCCC)CCCCCCCCC. The third kappa shape index (κ3) is 23.1. The standard InChI is InChI=1S/C31H64O/c1-5-9-13-15-17-19-21-25-29-31(27-23-12-8-4)32-30(26-22-11-7-3)28-24-20-18-16-14-10-6-2/h30-31H,5-29H2,1-4H3. The lowest BCUT2D eigenvalue weighted by Crippen LogP contribution is -2.23. The molecular formula is C31H64O. The van der Waals surface area contributed by atoms with Crippen molar-refractivity contribution in [2.45, 2.75) is 200 Å². The minimum absolute atomic E-state index is 0.526. The van der Waals surface area contributed by atoms with Crippen molar-refractivity contribution in [2.24, 2.45) is 0 Å². The van der Waals surface area contributed by atoms with Crippen LogP contribution < -0.4 is 0 Å². The fourth-order valence-corrected chi connectivity index (χ4v) is 4.91.